The number of aliphatic hydroxyl groups is 10. The fraction of sp³-hybridized carbons (Fsp3) is 0.620. The number of amides is 6. The Morgan fingerprint density at radius 3 is 1.70 bits per heavy atom. The summed E-state index contributed by atoms with van der Waals surface area (Å²) in [5, 5.41) is 116. The lowest BCUT2D eigenvalue weighted by atomic mass is 9.95. The van der Waals surface area contributed by atoms with E-state index in [9.17, 15) is 84.6 Å². The fourth-order valence-corrected chi connectivity index (χ4v) is 9.28. The van der Waals surface area contributed by atoms with Gasteiger partial charge in [-0.25, -0.2) is 9.59 Å². The van der Waals surface area contributed by atoms with Crippen LogP contribution >= 0.6 is 0 Å². The van der Waals surface area contributed by atoms with Gasteiger partial charge in [0.05, 0.1) is 39.3 Å². The van der Waals surface area contributed by atoms with E-state index in [1.165, 1.54) is 20.8 Å². The highest BCUT2D eigenvalue weighted by atomic mass is 16.7. The third kappa shape index (κ3) is 15.9. The summed E-state index contributed by atoms with van der Waals surface area (Å²) < 4.78 is 38.6. The van der Waals surface area contributed by atoms with Gasteiger partial charge in [0.1, 0.15) is 97.5 Å². The van der Waals surface area contributed by atoms with Gasteiger partial charge in [0, 0.05) is 12.3 Å². The predicted molar refractivity (Wildman–Crippen MR) is 266 cm³/mol. The van der Waals surface area contributed by atoms with Gasteiger partial charge in [0.15, 0.2) is 18.8 Å². The van der Waals surface area contributed by atoms with E-state index >= 15 is 0 Å². The van der Waals surface area contributed by atoms with Crippen molar-refractivity contribution in [2.45, 2.75) is 156 Å². The summed E-state index contributed by atoms with van der Waals surface area (Å²) in [6.45, 7) is 0.0445. The lowest BCUT2D eigenvalue weighted by Crippen LogP contribution is -2.67. The van der Waals surface area contributed by atoms with E-state index in [2.05, 4.69) is 26.6 Å². The van der Waals surface area contributed by atoms with Crippen LogP contribution in [0.2, 0.25) is 0 Å². The zero-order chi connectivity index (χ0) is 58.7. The SMILES string of the molecule is CC(C)(C)OC(=O)[C@H](CC(=O)N[C@@H]1O[C@H](CO)[C@@H](O[C@H]2O[C@H](CO)[C@@H](O[C@H]3O[C@H](CO)[C@@H](O)[C@H](O)[C@H]3O)[C@H](O)[C@H]2O)[C@H](O)[C@H]1O)NC(=O)CNC(=O)CNC(=O)[C@H](CCC(N)=O)NC(=O)OCC1c2ccccc2-c2ccccc21. The Balaban J connectivity index is 0.992. The number of aliphatic hydroxyl groups excluding tert-OH is 10. The lowest BCUT2D eigenvalue weighted by molar-refractivity contribution is -0.373. The second-order valence-corrected chi connectivity index (χ2v) is 20.3. The predicted octanol–water partition coefficient (Wildman–Crippen LogP) is -6.83. The van der Waals surface area contributed by atoms with Crippen molar-refractivity contribution in [1.29, 1.82) is 0 Å². The molecule has 0 unspecified atom stereocenters. The first-order chi connectivity index (χ1) is 37.8. The summed E-state index contributed by atoms with van der Waals surface area (Å²) in [4.78, 5) is 90.6. The molecule has 2 aromatic carbocycles. The number of esters is 1. The van der Waals surface area contributed by atoms with Gasteiger partial charge in [0.2, 0.25) is 29.5 Å². The average Bonchev–Trinajstić information content (AvgIpc) is 3.78. The number of nitrogens with one attached hydrogen (secondary N) is 5. The van der Waals surface area contributed by atoms with Crippen molar-refractivity contribution in [2.75, 3.05) is 39.5 Å². The summed E-state index contributed by atoms with van der Waals surface area (Å²) in [5.74, 6) is -6.20. The minimum absolute atomic E-state index is 0.0890. The number of hydrogen-bond acceptors (Lipinski definition) is 24. The average molecular weight is 1140 g/mol. The molecular formula is C50H70N6O24. The number of rotatable bonds is 23. The van der Waals surface area contributed by atoms with Crippen molar-refractivity contribution in [3.05, 3.63) is 59.7 Å². The normalized spacial score (nSPS) is 30.1. The molecule has 3 aliphatic heterocycles. The van der Waals surface area contributed by atoms with Crippen LogP contribution in [0.15, 0.2) is 48.5 Å². The van der Waals surface area contributed by atoms with E-state index in [0.717, 1.165) is 22.3 Å². The van der Waals surface area contributed by atoms with Gasteiger partial charge in [-0.1, -0.05) is 48.5 Å². The Morgan fingerprint density at radius 1 is 0.613 bits per heavy atom. The maximum absolute atomic E-state index is 13.5. The second-order valence-electron chi connectivity index (χ2n) is 20.3. The van der Waals surface area contributed by atoms with Crippen LogP contribution in [0.4, 0.5) is 4.79 Å². The first-order valence-electron chi connectivity index (χ1n) is 25.5. The molecule has 4 aliphatic rings. The molecule has 80 heavy (non-hydrogen) atoms. The Labute approximate surface area is 456 Å². The topological polar surface area (TPSA) is 473 Å². The summed E-state index contributed by atoms with van der Waals surface area (Å²) in [6.07, 6.45) is -30.3. The number of fused-ring (bicyclic) bond motifs is 3. The minimum atomic E-state index is -2.10. The van der Waals surface area contributed by atoms with Crippen molar-refractivity contribution in [1.82, 2.24) is 26.6 Å². The van der Waals surface area contributed by atoms with Gasteiger partial charge in [-0.05, 0) is 49.4 Å². The van der Waals surface area contributed by atoms with Crippen molar-refractivity contribution >= 4 is 41.6 Å². The van der Waals surface area contributed by atoms with Gasteiger partial charge in [0.25, 0.3) is 0 Å². The minimum Gasteiger partial charge on any atom is -0.458 e. The summed E-state index contributed by atoms with van der Waals surface area (Å²) in [6, 6.07) is 12.1. The zero-order valence-corrected chi connectivity index (χ0v) is 43.6. The van der Waals surface area contributed by atoms with E-state index < -0.39 is 191 Å². The standard InChI is InChI=1S/C50H70N6O24/c1-50(2,3)80-46(72)27(54-34(63)16-52-33(62)15-53-44(71)26(12-13-31(51)60)55-49(73)74-20-25-23-10-6-4-8-21(23)22-9-5-7-11-24(22)25)14-32(61)56-45-39(68)37(66)42(29(18-58)75-45)78-48-41(70)38(67)43(30(19-59)77-48)79-47-40(69)36(65)35(64)28(17-57)76-47/h4-11,25-30,35-43,45,47-48,57-59,64-70H,12-20H2,1-3H3,(H2,51,60)(H,52,62)(H,53,71)(H,54,63)(H,55,73)(H,56,61)/t26-,27-,28+,29+,30+,35+,36-,37+,38+,39+,40+,41+,42+,43+,45+,47+,48+/m0/s1. The Kier molecular flexibility index (Phi) is 22.2. The molecule has 2 aromatic rings. The van der Waals surface area contributed by atoms with Crippen LogP contribution in [-0.4, -0.2) is 242 Å². The quantitative estimate of drug-likeness (QED) is 0.0460. The molecule has 30 nitrogen and oxygen atoms in total. The molecule has 3 fully saturated rings. The summed E-state index contributed by atoms with van der Waals surface area (Å²) in [5.41, 5.74) is 7.99. The smallest absolute Gasteiger partial charge is 0.407 e. The van der Waals surface area contributed by atoms with E-state index in [1.54, 1.807) is 0 Å². The van der Waals surface area contributed by atoms with Crippen LogP contribution in [0.1, 0.15) is 57.1 Å². The maximum Gasteiger partial charge on any atom is 0.407 e. The number of carbonyl (C=O) groups is 7. The molecule has 0 bridgehead atoms. The molecule has 6 amide bonds. The highest BCUT2D eigenvalue weighted by Gasteiger charge is 2.54. The molecule has 1 aliphatic carbocycles. The largest absolute Gasteiger partial charge is 0.458 e. The zero-order valence-electron chi connectivity index (χ0n) is 43.6. The maximum atomic E-state index is 13.5. The van der Waals surface area contributed by atoms with Crippen LogP contribution in [0.25, 0.3) is 11.1 Å². The number of primary amides is 1. The van der Waals surface area contributed by atoms with Crippen molar-refractivity contribution in [3.63, 3.8) is 0 Å². The third-order valence-electron chi connectivity index (χ3n) is 13.3. The molecule has 0 aromatic heterocycles. The van der Waals surface area contributed by atoms with Crippen LogP contribution in [0.5, 0.6) is 0 Å². The van der Waals surface area contributed by atoms with Crippen LogP contribution < -0.4 is 32.3 Å². The van der Waals surface area contributed by atoms with Crippen molar-refractivity contribution in [3.8, 4) is 11.1 Å². The fourth-order valence-electron chi connectivity index (χ4n) is 9.28. The van der Waals surface area contributed by atoms with Gasteiger partial charge < -0.3 is 117 Å². The molecule has 17 N–H and O–H groups in total. The Bertz CT molecular complexity index is 2430. The third-order valence-corrected chi connectivity index (χ3v) is 13.3. The molecule has 0 spiro atoms. The van der Waals surface area contributed by atoms with Crippen LogP contribution in [0.3, 0.4) is 0 Å². The molecular weight excluding hydrogens is 1070 g/mol. The Morgan fingerprint density at radius 2 is 1.14 bits per heavy atom. The molecule has 0 radical (unpaired) electrons. The Hall–Kier alpha value is -6.07. The summed E-state index contributed by atoms with van der Waals surface area (Å²) in [7, 11) is 0. The second kappa shape index (κ2) is 28.1. The molecule has 6 rings (SSSR count). The first-order valence-corrected chi connectivity index (χ1v) is 25.5. The molecule has 3 saturated heterocycles. The van der Waals surface area contributed by atoms with Gasteiger partial charge in [-0.15, -0.1) is 0 Å². The van der Waals surface area contributed by atoms with Gasteiger partial charge >= 0.3 is 12.1 Å². The number of nitrogens with two attached hydrogens (primary N) is 1. The monoisotopic (exact) mass is 1140 g/mol. The van der Waals surface area contributed by atoms with Crippen LogP contribution in [-0.2, 0) is 61.9 Å². The lowest BCUT2D eigenvalue weighted by Gasteiger charge is -2.48. The number of carbonyl (C=O) groups excluding carboxylic acids is 7. The van der Waals surface area contributed by atoms with E-state index in [1.807, 2.05) is 48.5 Å². The van der Waals surface area contributed by atoms with Gasteiger partial charge in [-0.3, -0.25) is 24.0 Å². The van der Waals surface area contributed by atoms with Crippen molar-refractivity contribution in [2.24, 2.45) is 5.73 Å². The van der Waals surface area contributed by atoms with E-state index in [-0.39, 0.29) is 25.4 Å². The first kappa shape index (κ1) is 63.1. The van der Waals surface area contributed by atoms with Crippen molar-refractivity contribution < 1.29 is 118 Å². The number of ether oxygens (including phenoxy) is 7. The number of alkyl carbamates (subject to hydrolysis) is 1. The molecule has 444 valence electrons. The molecule has 17 atom stereocenters. The van der Waals surface area contributed by atoms with E-state index in [4.69, 9.17) is 38.9 Å². The molecule has 3 heterocycles. The highest BCUT2D eigenvalue weighted by Crippen LogP contribution is 2.44. The highest BCUT2D eigenvalue weighted by molar-refractivity contribution is 5.93. The number of benzene rings is 2. The van der Waals surface area contributed by atoms with Crippen LogP contribution in [0, 0.1) is 0 Å². The summed E-state index contributed by atoms with van der Waals surface area (Å²) >= 11 is 0. The van der Waals surface area contributed by atoms with Gasteiger partial charge in [-0.2, -0.15) is 0 Å². The van der Waals surface area contributed by atoms with E-state index in [0.29, 0.717) is 0 Å². The number of hydrogen-bond donors (Lipinski definition) is 16. The molecule has 30 heteroatoms. The molecule has 0 saturated carbocycles.